The fourth-order valence-corrected chi connectivity index (χ4v) is 4.43. The lowest BCUT2D eigenvalue weighted by atomic mass is 10.1. The van der Waals surface area contributed by atoms with Crippen LogP contribution in [-0.2, 0) is 26.0 Å². The number of nitrogens with one attached hydrogen (secondary N) is 1. The van der Waals surface area contributed by atoms with Crippen LogP contribution in [0.25, 0.3) is 0 Å². The zero-order valence-electron chi connectivity index (χ0n) is 20.0. The van der Waals surface area contributed by atoms with Crippen LogP contribution >= 0.6 is 11.6 Å². The Morgan fingerprint density at radius 2 is 1.82 bits per heavy atom. The molecule has 0 fully saturated rings. The summed E-state index contributed by atoms with van der Waals surface area (Å²) >= 11 is 6.10. The van der Waals surface area contributed by atoms with Gasteiger partial charge in [-0.15, -0.1) is 0 Å². The molecule has 2 aromatic rings. The Bertz CT molecular complexity index is 1080. The topological polar surface area (TPSA) is 96.0 Å². The van der Waals surface area contributed by atoms with E-state index in [1.807, 2.05) is 37.3 Å². The van der Waals surface area contributed by atoms with Crippen LogP contribution in [0.5, 0.6) is 5.75 Å². The summed E-state index contributed by atoms with van der Waals surface area (Å²) in [6.45, 7) is 3.80. The van der Waals surface area contributed by atoms with E-state index in [0.717, 1.165) is 22.5 Å². The first kappa shape index (κ1) is 27.5. The number of sulfonamides is 1. The second-order valence-electron chi connectivity index (χ2n) is 7.88. The molecule has 0 spiro atoms. The molecule has 0 radical (unpaired) electrons. The van der Waals surface area contributed by atoms with Gasteiger partial charge < -0.3 is 15.0 Å². The lowest BCUT2D eigenvalue weighted by Crippen LogP contribution is -2.52. The third-order valence-corrected chi connectivity index (χ3v) is 6.65. The normalized spacial score (nSPS) is 12.0. The first-order valence-electron chi connectivity index (χ1n) is 11.0. The Kier molecular flexibility index (Phi) is 10.2. The molecule has 0 saturated heterocycles. The van der Waals surface area contributed by atoms with Crippen LogP contribution in [0.1, 0.15) is 25.8 Å². The lowest BCUT2D eigenvalue weighted by molar-refractivity contribution is -0.138. The van der Waals surface area contributed by atoms with Crippen LogP contribution in [0.3, 0.4) is 0 Å². The Morgan fingerprint density at radius 3 is 2.41 bits per heavy atom. The average molecular weight is 510 g/mol. The maximum atomic E-state index is 13.5. The number of hydrogen-bond donors (Lipinski definition) is 1. The number of benzene rings is 2. The van der Waals surface area contributed by atoms with Crippen molar-refractivity contribution < 1.29 is 22.7 Å². The molecule has 0 aliphatic heterocycles. The number of carbonyl (C=O) groups excluding carboxylic acids is 2. The number of halogens is 1. The van der Waals surface area contributed by atoms with Gasteiger partial charge in [-0.05, 0) is 43.5 Å². The molecule has 0 aliphatic carbocycles. The summed E-state index contributed by atoms with van der Waals surface area (Å²) in [5.41, 5.74) is 1.15. The van der Waals surface area contributed by atoms with Crippen molar-refractivity contribution in [3.05, 3.63) is 59.1 Å². The van der Waals surface area contributed by atoms with Gasteiger partial charge in [-0.1, -0.05) is 48.9 Å². The van der Waals surface area contributed by atoms with Gasteiger partial charge in [0.25, 0.3) is 0 Å². The van der Waals surface area contributed by atoms with Gasteiger partial charge in [0.15, 0.2) is 0 Å². The molecule has 2 aromatic carbocycles. The molecule has 8 nitrogen and oxygen atoms in total. The second-order valence-corrected chi connectivity index (χ2v) is 10.2. The Morgan fingerprint density at radius 1 is 1.15 bits per heavy atom. The predicted octanol–water partition coefficient (Wildman–Crippen LogP) is 3.10. The summed E-state index contributed by atoms with van der Waals surface area (Å²) < 4.78 is 31.6. The molecular formula is C24H32ClN3O5S. The average Bonchev–Trinajstić information content (AvgIpc) is 2.80. The van der Waals surface area contributed by atoms with Crippen molar-refractivity contribution in [2.45, 2.75) is 32.7 Å². The smallest absolute Gasteiger partial charge is 0.244 e. The van der Waals surface area contributed by atoms with Crippen molar-refractivity contribution in [1.29, 1.82) is 0 Å². The number of rotatable bonds is 12. The summed E-state index contributed by atoms with van der Waals surface area (Å²) in [7, 11) is -2.47. The van der Waals surface area contributed by atoms with Crippen LogP contribution in [0.4, 0.5) is 5.69 Å². The van der Waals surface area contributed by atoms with Crippen molar-refractivity contribution in [2.75, 3.05) is 37.3 Å². The van der Waals surface area contributed by atoms with Gasteiger partial charge in [0.1, 0.15) is 18.3 Å². The highest BCUT2D eigenvalue weighted by Crippen LogP contribution is 2.32. The minimum atomic E-state index is -3.88. The number of nitrogens with zero attached hydrogens (tertiary/aromatic N) is 2. The quantitative estimate of drug-likeness (QED) is 0.474. The summed E-state index contributed by atoms with van der Waals surface area (Å²) in [6.07, 6.45) is 2.27. The number of carbonyl (C=O) groups is 2. The molecular weight excluding hydrogens is 478 g/mol. The van der Waals surface area contributed by atoms with Gasteiger partial charge in [-0.3, -0.25) is 13.9 Å². The standard InChI is InChI=1S/C24H32ClN3O5S/c1-5-14-26-24(30)18(2)27(15-13-19-9-7-6-8-10-19)23(29)17-28(34(4,31)32)21-16-20(25)11-12-22(21)33-3/h6-12,16,18H,5,13-15,17H2,1-4H3,(H,26,30)/t18-/m1/s1. The van der Waals surface area contributed by atoms with Gasteiger partial charge in [0, 0.05) is 18.1 Å². The molecule has 0 aromatic heterocycles. The third kappa shape index (κ3) is 7.63. The van der Waals surface area contributed by atoms with E-state index in [1.54, 1.807) is 13.0 Å². The maximum Gasteiger partial charge on any atom is 0.244 e. The van der Waals surface area contributed by atoms with Crippen molar-refractivity contribution >= 4 is 39.1 Å². The van der Waals surface area contributed by atoms with E-state index in [0.29, 0.717) is 18.0 Å². The molecule has 1 atom stereocenters. The van der Waals surface area contributed by atoms with Crippen LogP contribution in [0.15, 0.2) is 48.5 Å². The van der Waals surface area contributed by atoms with Crippen molar-refractivity contribution in [1.82, 2.24) is 10.2 Å². The van der Waals surface area contributed by atoms with Crippen molar-refractivity contribution in [3.8, 4) is 5.75 Å². The molecule has 0 saturated carbocycles. The number of amides is 2. The number of ether oxygens (including phenoxy) is 1. The second kappa shape index (κ2) is 12.6. The fourth-order valence-electron chi connectivity index (χ4n) is 3.42. The zero-order chi connectivity index (χ0) is 25.3. The van der Waals surface area contributed by atoms with Crippen molar-refractivity contribution in [2.24, 2.45) is 0 Å². The minimum absolute atomic E-state index is 0.150. The van der Waals surface area contributed by atoms with E-state index in [-0.39, 0.29) is 23.9 Å². The van der Waals surface area contributed by atoms with Crippen LogP contribution in [0, 0.1) is 0 Å². The minimum Gasteiger partial charge on any atom is -0.495 e. The van der Waals surface area contributed by atoms with Gasteiger partial charge in [0.05, 0.1) is 19.1 Å². The summed E-state index contributed by atoms with van der Waals surface area (Å²) in [5, 5.41) is 3.10. The molecule has 2 amide bonds. The highest BCUT2D eigenvalue weighted by Gasteiger charge is 2.30. The molecule has 0 unspecified atom stereocenters. The third-order valence-electron chi connectivity index (χ3n) is 5.29. The fraction of sp³-hybridized carbons (Fsp3) is 0.417. The molecule has 2 rings (SSSR count). The molecule has 0 bridgehead atoms. The molecule has 186 valence electrons. The first-order valence-corrected chi connectivity index (χ1v) is 13.2. The summed E-state index contributed by atoms with van der Waals surface area (Å²) in [6, 6.07) is 13.3. The predicted molar refractivity (Wildman–Crippen MR) is 135 cm³/mol. The van der Waals surface area contributed by atoms with Gasteiger partial charge in [0.2, 0.25) is 21.8 Å². The Balaban J connectivity index is 2.36. The largest absolute Gasteiger partial charge is 0.495 e. The Labute approximate surface area is 206 Å². The molecule has 0 heterocycles. The van der Waals surface area contributed by atoms with E-state index >= 15 is 0 Å². The van der Waals surface area contributed by atoms with Crippen LogP contribution < -0.4 is 14.4 Å². The van der Waals surface area contributed by atoms with E-state index in [4.69, 9.17) is 16.3 Å². The van der Waals surface area contributed by atoms with E-state index in [2.05, 4.69) is 5.32 Å². The van der Waals surface area contributed by atoms with E-state index < -0.39 is 28.5 Å². The van der Waals surface area contributed by atoms with Crippen LogP contribution in [0.2, 0.25) is 5.02 Å². The highest BCUT2D eigenvalue weighted by atomic mass is 35.5. The first-order chi connectivity index (χ1) is 16.1. The monoisotopic (exact) mass is 509 g/mol. The maximum absolute atomic E-state index is 13.5. The number of hydrogen-bond acceptors (Lipinski definition) is 5. The molecule has 10 heteroatoms. The molecule has 34 heavy (non-hydrogen) atoms. The van der Waals surface area contributed by atoms with Gasteiger partial charge in [-0.25, -0.2) is 8.42 Å². The van der Waals surface area contributed by atoms with Gasteiger partial charge >= 0.3 is 0 Å². The zero-order valence-corrected chi connectivity index (χ0v) is 21.5. The molecule has 0 aliphatic rings. The van der Waals surface area contributed by atoms with Gasteiger partial charge in [-0.2, -0.15) is 0 Å². The number of methoxy groups -OCH3 is 1. The highest BCUT2D eigenvalue weighted by molar-refractivity contribution is 7.92. The van der Waals surface area contributed by atoms with E-state index in [9.17, 15) is 18.0 Å². The SMILES string of the molecule is CCCNC(=O)[C@@H](C)N(CCc1ccccc1)C(=O)CN(c1cc(Cl)ccc1OC)S(C)(=O)=O. The van der Waals surface area contributed by atoms with Crippen molar-refractivity contribution in [3.63, 3.8) is 0 Å². The van der Waals surface area contributed by atoms with E-state index in [1.165, 1.54) is 24.1 Å². The lowest BCUT2D eigenvalue weighted by Gasteiger charge is -2.31. The summed E-state index contributed by atoms with van der Waals surface area (Å²) in [5.74, 6) is -0.552. The Hall–Kier alpha value is -2.78. The molecule has 1 N–H and O–H groups in total. The van der Waals surface area contributed by atoms with Crippen LogP contribution in [-0.4, -0.2) is 64.2 Å². The number of anilines is 1. The summed E-state index contributed by atoms with van der Waals surface area (Å²) in [4.78, 5) is 27.6.